The molecule has 27 heavy (non-hydrogen) atoms. The zero-order valence-electron chi connectivity index (χ0n) is 15.7. The molecule has 0 aliphatic heterocycles. The first-order valence-corrected chi connectivity index (χ1v) is 10.8. The fourth-order valence-electron chi connectivity index (χ4n) is 3.77. The van der Waals surface area contributed by atoms with Crippen molar-refractivity contribution in [1.82, 2.24) is 10.6 Å². The number of hydrogen-bond acceptors (Lipinski definition) is 3. The van der Waals surface area contributed by atoms with Crippen LogP contribution >= 0.6 is 11.3 Å². The molecule has 1 aromatic carbocycles. The Balaban J connectivity index is 1.51. The third kappa shape index (κ3) is 6.21. The van der Waals surface area contributed by atoms with Crippen LogP contribution in [0.3, 0.4) is 0 Å². The Morgan fingerprint density at radius 2 is 1.81 bits per heavy atom. The van der Waals surface area contributed by atoms with Crippen molar-refractivity contribution < 1.29 is 9.59 Å². The Labute approximate surface area is 165 Å². The van der Waals surface area contributed by atoms with Crippen LogP contribution in [0.4, 0.5) is 0 Å². The molecule has 1 atom stereocenters. The molecule has 0 bridgehead atoms. The van der Waals surface area contributed by atoms with E-state index in [1.54, 1.807) is 6.07 Å². The highest BCUT2D eigenvalue weighted by atomic mass is 32.1. The average Bonchev–Trinajstić information content (AvgIpc) is 3.24. The molecule has 1 aliphatic rings. The number of rotatable bonds is 8. The third-order valence-corrected chi connectivity index (χ3v) is 6.08. The number of carbonyl (C=O) groups is 2. The van der Waals surface area contributed by atoms with Gasteiger partial charge in [0.25, 0.3) is 5.91 Å². The molecule has 144 valence electrons. The van der Waals surface area contributed by atoms with Crippen molar-refractivity contribution in [2.75, 3.05) is 6.54 Å². The first-order chi connectivity index (χ1) is 13.2. The minimum atomic E-state index is -0.111. The van der Waals surface area contributed by atoms with Crippen LogP contribution in [-0.2, 0) is 4.79 Å². The van der Waals surface area contributed by atoms with Gasteiger partial charge in [0.05, 0.1) is 10.9 Å². The summed E-state index contributed by atoms with van der Waals surface area (Å²) < 4.78 is 0. The number of thiophene rings is 1. The van der Waals surface area contributed by atoms with Gasteiger partial charge in [-0.1, -0.05) is 68.5 Å². The smallest absolute Gasteiger partial charge is 0.261 e. The lowest BCUT2D eigenvalue weighted by Gasteiger charge is -2.27. The van der Waals surface area contributed by atoms with Crippen LogP contribution in [0.25, 0.3) is 0 Å². The molecule has 1 aliphatic carbocycles. The highest BCUT2D eigenvalue weighted by Crippen LogP contribution is 2.31. The molecule has 0 spiro atoms. The van der Waals surface area contributed by atoms with Crippen molar-refractivity contribution >= 4 is 23.2 Å². The second-order valence-corrected chi connectivity index (χ2v) is 8.20. The summed E-state index contributed by atoms with van der Waals surface area (Å²) in [5, 5.41) is 7.89. The second-order valence-electron chi connectivity index (χ2n) is 7.25. The standard InChI is InChI=1S/C22H28N2O2S/c25-21(13-14-23-22(26)20-12-7-15-27-20)24-19(18-10-5-2-6-11-18)16-17-8-3-1-4-9-17/h2,5-7,10-12,15,17,19H,1,3-4,8-9,13-14,16H2,(H,23,26)(H,24,25). The van der Waals surface area contributed by atoms with Crippen molar-refractivity contribution in [3.8, 4) is 0 Å². The quantitative estimate of drug-likeness (QED) is 0.693. The van der Waals surface area contributed by atoms with E-state index in [1.165, 1.54) is 49.0 Å². The van der Waals surface area contributed by atoms with Crippen LogP contribution in [0.2, 0.25) is 0 Å². The van der Waals surface area contributed by atoms with Gasteiger partial charge in [-0.2, -0.15) is 0 Å². The molecule has 1 unspecified atom stereocenters. The third-order valence-electron chi connectivity index (χ3n) is 5.21. The number of carbonyl (C=O) groups excluding carboxylic acids is 2. The maximum Gasteiger partial charge on any atom is 0.261 e. The Hall–Kier alpha value is -2.14. The van der Waals surface area contributed by atoms with Crippen LogP contribution in [0.1, 0.15) is 66.2 Å². The van der Waals surface area contributed by atoms with Gasteiger partial charge in [-0.25, -0.2) is 0 Å². The maximum atomic E-state index is 12.5. The Bertz CT molecular complexity index is 709. The van der Waals surface area contributed by atoms with E-state index in [-0.39, 0.29) is 17.9 Å². The lowest BCUT2D eigenvalue weighted by Crippen LogP contribution is -2.33. The summed E-state index contributed by atoms with van der Waals surface area (Å²) >= 11 is 1.40. The van der Waals surface area contributed by atoms with Crippen molar-refractivity contribution in [1.29, 1.82) is 0 Å². The fourth-order valence-corrected chi connectivity index (χ4v) is 4.41. The molecule has 0 saturated heterocycles. The van der Waals surface area contributed by atoms with Crippen LogP contribution in [0.5, 0.6) is 0 Å². The van der Waals surface area contributed by atoms with E-state index in [0.717, 1.165) is 6.42 Å². The first kappa shape index (κ1) is 19.6. The monoisotopic (exact) mass is 384 g/mol. The van der Waals surface area contributed by atoms with Crippen LogP contribution < -0.4 is 10.6 Å². The van der Waals surface area contributed by atoms with Crippen molar-refractivity contribution in [2.24, 2.45) is 5.92 Å². The first-order valence-electron chi connectivity index (χ1n) is 9.88. The number of nitrogens with one attached hydrogen (secondary N) is 2. The summed E-state index contributed by atoms with van der Waals surface area (Å²) in [6, 6.07) is 13.9. The van der Waals surface area contributed by atoms with Gasteiger partial charge in [0.1, 0.15) is 0 Å². The van der Waals surface area contributed by atoms with Crippen molar-refractivity contribution in [2.45, 2.75) is 51.0 Å². The molecule has 4 nitrogen and oxygen atoms in total. The number of hydrogen-bond donors (Lipinski definition) is 2. The van der Waals surface area contributed by atoms with Crippen LogP contribution in [0.15, 0.2) is 47.8 Å². The SMILES string of the molecule is O=C(CCNC(=O)c1cccs1)NC(CC1CCCCC1)c1ccccc1. The minimum Gasteiger partial charge on any atom is -0.351 e. The van der Waals surface area contributed by atoms with Gasteiger partial charge in [0.2, 0.25) is 5.91 Å². The lowest BCUT2D eigenvalue weighted by molar-refractivity contribution is -0.121. The van der Waals surface area contributed by atoms with E-state index in [1.807, 2.05) is 29.6 Å². The fraction of sp³-hybridized carbons (Fsp3) is 0.455. The molecular weight excluding hydrogens is 356 g/mol. The highest BCUT2D eigenvalue weighted by Gasteiger charge is 2.21. The normalized spacial score (nSPS) is 15.9. The van der Waals surface area contributed by atoms with Gasteiger partial charge in [0, 0.05) is 13.0 Å². The van der Waals surface area contributed by atoms with Crippen molar-refractivity contribution in [3.05, 3.63) is 58.3 Å². The highest BCUT2D eigenvalue weighted by molar-refractivity contribution is 7.12. The summed E-state index contributed by atoms with van der Waals surface area (Å²) in [6.07, 6.45) is 7.75. The van der Waals surface area contributed by atoms with Crippen molar-refractivity contribution in [3.63, 3.8) is 0 Å². The largest absolute Gasteiger partial charge is 0.351 e. The van der Waals surface area contributed by atoms with E-state index in [9.17, 15) is 9.59 Å². The van der Waals surface area contributed by atoms with E-state index in [4.69, 9.17) is 0 Å². The Morgan fingerprint density at radius 1 is 1.04 bits per heavy atom. The lowest BCUT2D eigenvalue weighted by atomic mass is 9.83. The van der Waals surface area contributed by atoms with Gasteiger partial charge < -0.3 is 10.6 Å². The topological polar surface area (TPSA) is 58.2 Å². The average molecular weight is 385 g/mol. The number of amides is 2. The predicted octanol–water partition coefficient (Wildman–Crippen LogP) is 4.70. The van der Waals surface area contributed by atoms with Gasteiger partial charge in [0.15, 0.2) is 0 Å². The van der Waals surface area contributed by atoms with Gasteiger partial charge in [-0.3, -0.25) is 9.59 Å². The summed E-state index contributed by atoms with van der Waals surface area (Å²) in [6.45, 7) is 0.355. The van der Waals surface area contributed by atoms with Gasteiger partial charge in [-0.05, 0) is 29.3 Å². The second kappa shape index (κ2) is 10.3. The molecular formula is C22H28N2O2S. The summed E-state index contributed by atoms with van der Waals surface area (Å²) in [5.74, 6) is 0.563. The Kier molecular flexibility index (Phi) is 7.45. The molecule has 1 heterocycles. The molecule has 2 aromatic rings. The molecule has 3 rings (SSSR count). The summed E-state index contributed by atoms with van der Waals surface area (Å²) in [7, 11) is 0. The zero-order chi connectivity index (χ0) is 18.9. The summed E-state index contributed by atoms with van der Waals surface area (Å²) in [4.78, 5) is 25.1. The van der Waals surface area contributed by atoms with E-state index in [2.05, 4.69) is 22.8 Å². The molecule has 1 fully saturated rings. The van der Waals surface area contributed by atoms with Gasteiger partial charge >= 0.3 is 0 Å². The molecule has 1 aromatic heterocycles. The molecule has 2 N–H and O–H groups in total. The maximum absolute atomic E-state index is 12.5. The summed E-state index contributed by atoms with van der Waals surface area (Å²) in [5.41, 5.74) is 1.17. The minimum absolute atomic E-state index is 0.00820. The van der Waals surface area contributed by atoms with E-state index >= 15 is 0 Å². The van der Waals surface area contributed by atoms with Gasteiger partial charge in [-0.15, -0.1) is 11.3 Å². The Morgan fingerprint density at radius 3 is 2.52 bits per heavy atom. The molecule has 0 radical (unpaired) electrons. The molecule has 1 saturated carbocycles. The number of benzene rings is 1. The van der Waals surface area contributed by atoms with Crippen LogP contribution in [-0.4, -0.2) is 18.4 Å². The molecule has 5 heteroatoms. The van der Waals surface area contributed by atoms with E-state index in [0.29, 0.717) is 23.8 Å². The van der Waals surface area contributed by atoms with Crippen LogP contribution in [0, 0.1) is 5.92 Å². The van der Waals surface area contributed by atoms with E-state index < -0.39 is 0 Å². The zero-order valence-corrected chi connectivity index (χ0v) is 16.5. The molecule has 2 amide bonds. The predicted molar refractivity (Wildman–Crippen MR) is 110 cm³/mol.